The van der Waals surface area contributed by atoms with Crippen LogP contribution in [0.5, 0.6) is 5.75 Å². The largest absolute Gasteiger partial charge is 0.487 e. The number of ether oxygens (including phenoxy) is 1. The number of thiazole rings is 1. The van der Waals surface area contributed by atoms with Gasteiger partial charge in [-0.2, -0.15) is 0 Å². The van der Waals surface area contributed by atoms with E-state index in [4.69, 9.17) is 4.74 Å². The van der Waals surface area contributed by atoms with Crippen molar-refractivity contribution in [2.45, 2.75) is 6.61 Å². The Bertz CT molecular complexity index is 1800. The van der Waals surface area contributed by atoms with Gasteiger partial charge in [-0.25, -0.2) is 9.38 Å². The van der Waals surface area contributed by atoms with Gasteiger partial charge in [0.15, 0.2) is 4.96 Å². The minimum Gasteiger partial charge on any atom is -0.487 e. The lowest BCUT2D eigenvalue weighted by Gasteiger charge is -2.12. The predicted molar refractivity (Wildman–Crippen MR) is 151 cm³/mol. The maximum Gasteiger partial charge on any atom is 0.274 e. The summed E-state index contributed by atoms with van der Waals surface area (Å²) in [5, 5.41) is 2.42. The molecular formula is C27H16BrIN2O2S. The zero-order chi connectivity index (χ0) is 23.2. The maximum absolute atomic E-state index is 13.1. The first-order valence-electron chi connectivity index (χ1n) is 10.6. The van der Waals surface area contributed by atoms with E-state index < -0.39 is 0 Å². The SMILES string of the molecule is O=c1/c(=C/c2cc(Br)c(OCc3ccc4ccccc4c3)c(I)c2)sc2nc3ccccc3n12. The minimum absolute atomic E-state index is 0.0449. The normalized spacial score (nSPS) is 12.2. The minimum atomic E-state index is -0.0449. The molecule has 0 saturated heterocycles. The fraction of sp³-hybridized carbons (Fsp3) is 0.0370. The fourth-order valence-corrected chi connectivity index (χ4v) is 6.80. The molecule has 4 nitrogen and oxygen atoms in total. The predicted octanol–water partition coefficient (Wildman–Crippen LogP) is 6.56. The third kappa shape index (κ3) is 3.91. The highest BCUT2D eigenvalue weighted by atomic mass is 127. The number of benzene rings is 4. The smallest absolute Gasteiger partial charge is 0.274 e. The Kier molecular flexibility index (Phi) is 5.63. The molecule has 0 aliphatic rings. The summed E-state index contributed by atoms with van der Waals surface area (Å²) >= 11 is 7.34. The molecule has 2 heterocycles. The molecule has 34 heavy (non-hydrogen) atoms. The van der Waals surface area contributed by atoms with E-state index in [-0.39, 0.29) is 5.56 Å². The van der Waals surface area contributed by atoms with Crippen molar-refractivity contribution in [1.29, 1.82) is 0 Å². The van der Waals surface area contributed by atoms with E-state index in [0.29, 0.717) is 16.1 Å². The number of aromatic nitrogens is 2. The lowest BCUT2D eigenvalue weighted by Crippen LogP contribution is -2.22. The van der Waals surface area contributed by atoms with Gasteiger partial charge in [0.05, 0.1) is 23.6 Å². The molecule has 6 rings (SSSR count). The van der Waals surface area contributed by atoms with E-state index in [0.717, 1.165) is 36.0 Å². The molecule has 166 valence electrons. The lowest BCUT2D eigenvalue weighted by molar-refractivity contribution is 0.302. The quantitative estimate of drug-likeness (QED) is 0.206. The third-order valence-electron chi connectivity index (χ3n) is 5.66. The summed E-state index contributed by atoms with van der Waals surface area (Å²) in [6, 6.07) is 26.4. The average molecular weight is 639 g/mol. The van der Waals surface area contributed by atoms with Gasteiger partial charge in [0, 0.05) is 0 Å². The molecule has 0 atom stereocenters. The van der Waals surface area contributed by atoms with Crippen molar-refractivity contribution >= 4 is 82.7 Å². The van der Waals surface area contributed by atoms with Crippen molar-refractivity contribution in [2.24, 2.45) is 0 Å². The zero-order valence-corrected chi connectivity index (χ0v) is 22.2. The van der Waals surface area contributed by atoms with Crippen molar-refractivity contribution in [1.82, 2.24) is 9.38 Å². The van der Waals surface area contributed by atoms with Crippen molar-refractivity contribution in [2.75, 3.05) is 0 Å². The third-order valence-corrected chi connectivity index (χ3v) is 8.02. The van der Waals surface area contributed by atoms with Crippen LogP contribution < -0.4 is 14.8 Å². The van der Waals surface area contributed by atoms with Crippen molar-refractivity contribution in [3.05, 3.63) is 113 Å². The molecule has 0 radical (unpaired) electrons. The number of nitrogens with zero attached hydrogens (tertiary/aromatic N) is 2. The van der Waals surface area contributed by atoms with E-state index in [2.05, 4.69) is 73.8 Å². The van der Waals surface area contributed by atoms with Crippen LogP contribution in [0.1, 0.15) is 11.1 Å². The van der Waals surface area contributed by atoms with Gasteiger partial charge < -0.3 is 4.74 Å². The summed E-state index contributed by atoms with van der Waals surface area (Å²) < 4.78 is 10.3. The summed E-state index contributed by atoms with van der Waals surface area (Å²) in [5.74, 6) is 0.792. The molecule has 0 amide bonds. The van der Waals surface area contributed by atoms with Gasteiger partial charge >= 0.3 is 0 Å². The second-order valence-electron chi connectivity index (χ2n) is 7.92. The van der Waals surface area contributed by atoms with Gasteiger partial charge in [0.1, 0.15) is 12.4 Å². The Labute approximate surface area is 220 Å². The van der Waals surface area contributed by atoms with Gasteiger partial charge in [0.25, 0.3) is 5.56 Å². The van der Waals surface area contributed by atoms with Crippen LogP contribution in [0.2, 0.25) is 0 Å². The number of rotatable bonds is 4. The number of para-hydroxylation sites is 2. The number of halogens is 2. The van der Waals surface area contributed by atoms with Crippen LogP contribution in [0.3, 0.4) is 0 Å². The van der Waals surface area contributed by atoms with E-state index in [1.165, 1.54) is 22.1 Å². The maximum atomic E-state index is 13.1. The summed E-state index contributed by atoms with van der Waals surface area (Å²) in [5.41, 5.74) is 3.67. The number of imidazole rings is 1. The summed E-state index contributed by atoms with van der Waals surface area (Å²) in [6.07, 6.45) is 1.91. The first-order valence-corrected chi connectivity index (χ1v) is 13.3. The van der Waals surface area contributed by atoms with Crippen molar-refractivity contribution < 1.29 is 4.74 Å². The van der Waals surface area contributed by atoms with Crippen molar-refractivity contribution in [3.63, 3.8) is 0 Å². The number of fused-ring (bicyclic) bond motifs is 4. The summed E-state index contributed by atoms with van der Waals surface area (Å²) in [6.45, 7) is 0.475. The molecule has 0 fully saturated rings. The Morgan fingerprint density at radius 2 is 1.79 bits per heavy atom. The van der Waals surface area contributed by atoms with Crippen LogP contribution in [0, 0.1) is 3.57 Å². The Morgan fingerprint density at radius 1 is 1.00 bits per heavy atom. The monoisotopic (exact) mass is 638 g/mol. The van der Waals surface area contributed by atoms with E-state index in [9.17, 15) is 4.79 Å². The van der Waals surface area contributed by atoms with Gasteiger partial charge in [-0.1, -0.05) is 59.9 Å². The highest BCUT2D eigenvalue weighted by Gasteiger charge is 2.12. The summed E-state index contributed by atoms with van der Waals surface area (Å²) in [7, 11) is 0. The second-order valence-corrected chi connectivity index (χ2v) is 10.9. The Hall–Kier alpha value is -2.75. The lowest BCUT2D eigenvalue weighted by atomic mass is 10.1. The number of hydrogen-bond donors (Lipinski definition) is 0. The number of hydrogen-bond acceptors (Lipinski definition) is 4. The molecule has 0 spiro atoms. The Balaban J connectivity index is 1.31. The van der Waals surface area contributed by atoms with Crippen LogP contribution in [-0.2, 0) is 6.61 Å². The first kappa shape index (κ1) is 21.8. The second kappa shape index (κ2) is 8.79. The molecule has 2 aromatic heterocycles. The van der Waals surface area contributed by atoms with Crippen LogP contribution in [0.25, 0.3) is 32.8 Å². The molecule has 7 heteroatoms. The van der Waals surface area contributed by atoms with Crippen LogP contribution in [0.15, 0.2) is 88.1 Å². The molecule has 0 saturated carbocycles. The summed E-state index contributed by atoms with van der Waals surface area (Å²) in [4.78, 5) is 18.4. The van der Waals surface area contributed by atoms with Crippen LogP contribution in [0.4, 0.5) is 0 Å². The molecule has 6 aromatic rings. The van der Waals surface area contributed by atoms with Gasteiger partial charge in [-0.15, -0.1) is 0 Å². The molecular weight excluding hydrogens is 623 g/mol. The van der Waals surface area contributed by atoms with Gasteiger partial charge in [-0.3, -0.25) is 4.79 Å². The molecule has 4 aromatic carbocycles. The molecule has 0 aliphatic heterocycles. The van der Waals surface area contributed by atoms with E-state index in [1.807, 2.05) is 54.6 Å². The molecule has 0 bridgehead atoms. The van der Waals surface area contributed by atoms with E-state index >= 15 is 0 Å². The molecule has 0 N–H and O–H groups in total. The molecule has 0 aliphatic carbocycles. The van der Waals surface area contributed by atoms with E-state index in [1.54, 1.807) is 4.40 Å². The van der Waals surface area contributed by atoms with Gasteiger partial charge in [-0.05, 0) is 96.8 Å². The highest BCUT2D eigenvalue weighted by molar-refractivity contribution is 14.1. The fourth-order valence-electron chi connectivity index (χ4n) is 4.05. The topological polar surface area (TPSA) is 43.6 Å². The average Bonchev–Trinajstić information content (AvgIpc) is 3.34. The van der Waals surface area contributed by atoms with Gasteiger partial charge in [0.2, 0.25) is 0 Å². The molecule has 0 unspecified atom stereocenters. The standard InChI is InChI=1S/C27H16BrIN2O2S/c28-20-12-17(14-24-26(32)31-23-8-4-3-7-22(23)30-27(31)34-24)13-21(29)25(20)33-15-16-9-10-18-5-1-2-6-19(18)11-16/h1-14H,15H2/b24-14-. The Morgan fingerprint density at radius 3 is 2.65 bits per heavy atom. The van der Waals surface area contributed by atoms with Crippen LogP contribution >= 0.6 is 49.9 Å². The highest BCUT2D eigenvalue weighted by Crippen LogP contribution is 2.33. The van der Waals surface area contributed by atoms with Crippen LogP contribution in [-0.4, -0.2) is 9.38 Å². The van der Waals surface area contributed by atoms with Crippen molar-refractivity contribution in [3.8, 4) is 5.75 Å². The first-order chi connectivity index (χ1) is 16.6. The zero-order valence-electron chi connectivity index (χ0n) is 17.7.